The summed E-state index contributed by atoms with van der Waals surface area (Å²) in [5, 5.41) is 17.9. The van der Waals surface area contributed by atoms with Crippen molar-refractivity contribution < 1.29 is 17.9 Å². The van der Waals surface area contributed by atoms with Crippen LogP contribution in [0.15, 0.2) is 23.1 Å². The number of aliphatic hydroxyl groups excluding tert-OH is 1. The van der Waals surface area contributed by atoms with Gasteiger partial charge in [0.05, 0.1) is 16.6 Å². The van der Waals surface area contributed by atoms with Crippen molar-refractivity contribution in [3.05, 3.63) is 29.6 Å². The van der Waals surface area contributed by atoms with Crippen molar-refractivity contribution >= 4 is 10.0 Å². The van der Waals surface area contributed by atoms with E-state index >= 15 is 0 Å². The van der Waals surface area contributed by atoms with Gasteiger partial charge in [-0.15, -0.1) is 0 Å². The van der Waals surface area contributed by atoms with Crippen LogP contribution in [-0.4, -0.2) is 26.2 Å². The summed E-state index contributed by atoms with van der Waals surface area (Å²) in [6.07, 6.45) is -0.370. The SMILES string of the molecule is CCC(O)CNS(=O)(=O)c1ccc(F)c(C#N)c1. The number of nitriles is 1. The third kappa shape index (κ3) is 3.50. The molecule has 1 unspecified atom stereocenters. The number of nitrogens with one attached hydrogen (secondary N) is 1. The maximum atomic E-state index is 13.0. The summed E-state index contributed by atoms with van der Waals surface area (Å²) >= 11 is 0. The minimum atomic E-state index is -3.84. The van der Waals surface area contributed by atoms with E-state index in [4.69, 9.17) is 5.26 Å². The van der Waals surface area contributed by atoms with Gasteiger partial charge in [0.2, 0.25) is 10.0 Å². The predicted octanol–water partition coefficient (Wildman–Crippen LogP) is 0.747. The Hall–Kier alpha value is -1.49. The van der Waals surface area contributed by atoms with Crippen LogP contribution in [-0.2, 0) is 10.0 Å². The van der Waals surface area contributed by atoms with Crippen LogP contribution in [0.25, 0.3) is 0 Å². The van der Waals surface area contributed by atoms with E-state index in [-0.39, 0.29) is 17.0 Å². The first-order chi connectivity index (χ1) is 8.40. The molecule has 0 spiro atoms. The van der Waals surface area contributed by atoms with Crippen LogP contribution >= 0.6 is 0 Å². The van der Waals surface area contributed by atoms with Crippen LogP contribution in [0, 0.1) is 17.1 Å². The molecule has 1 aromatic carbocycles. The van der Waals surface area contributed by atoms with Gasteiger partial charge in [-0.3, -0.25) is 0 Å². The molecule has 18 heavy (non-hydrogen) atoms. The van der Waals surface area contributed by atoms with Crippen LogP contribution in [0.5, 0.6) is 0 Å². The van der Waals surface area contributed by atoms with Gasteiger partial charge < -0.3 is 5.11 Å². The summed E-state index contributed by atoms with van der Waals surface area (Å²) in [6, 6.07) is 4.51. The highest BCUT2D eigenvalue weighted by Crippen LogP contribution is 2.14. The van der Waals surface area contributed by atoms with Gasteiger partial charge in [0.15, 0.2) is 0 Å². The quantitative estimate of drug-likeness (QED) is 0.827. The molecule has 7 heteroatoms. The second-order valence-electron chi connectivity index (χ2n) is 3.67. The molecule has 0 aromatic heterocycles. The second kappa shape index (κ2) is 5.91. The van der Waals surface area contributed by atoms with Gasteiger partial charge in [-0.25, -0.2) is 17.5 Å². The Labute approximate surface area is 105 Å². The third-order valence-corrected chi connectivity index (χ3v) is 3.77. The first kappa shape index (κ1) is 14.6. The van der Waals surface area contributed by atoms with Crippen molar-refractivity contribution in [2.24, 2.45) is 0 Å². The smallest absolute Gasteiger partial charge is 0.240 e. The highest BCUT2D eigenvalue weighted by atomic mass is 32.2. The van der Waals surface area contributed by atoms with E-state index in [0.717, 1.165) is 18.2 Å². The van der Waals surface area contributed by atoms with Crippen LogP contribution in [0.1, 0.15) is 18.9 Å². The molecule has 2 N–H and O–H groups in total. The van der Waals surface area contributed by atoms with Gasteiger partial charge in [0.25, 0.3) is 0 Å². The van der Waals surface area contributed by atoms with Crippen LogP contribution in [0.3, 0.4) is 0 Å². The topological polar surface area (TPSA) is 90.2 Å². The van der Waals surface area contributed by atoms with Gasteiger partial charge in [-0.1, -0.05) is 6.92 Å². The van der Waals surface area contributed by atoms with E-state index < -0.39 is 21.9 Å². The molecule has 0 aliphatic carbocycles. The normalized spacial score (nSPS) is 13.0. The van der Waals surface area contributed by atoms with Gasteiger partial charge >= 0.3 is 0 Å². The molecule has 0 amide bonds. The lowest BCUT2D eigenvalue weighted by molar-refractivity contribution is 0.174. The standard InChI is InChI=1S/C11H13FN2O3S/c1-2-9(15)7-14-18(16,17)10-3-4-11(12)8(5-10)6-13/h3-5,9,14-15H,2,7H2,1H3. The molecule has 0 bridgehead atoms. The number of nitrogens with zero attached hydrogens (tertiary/aromatic N) is 1. The molecule has 1 rings (SSSR count). The van der Waals surface area contributed by atoms with Gasteiger partial charge in [-0.05, 0) is 24.6 Å². The summed E-state index contributed by atoms with van der Waals surface area (Å²) in [5.74, 6) is -0.773. The molecule has 0 radical (unpaired) electrons. The average Bonchev–Trinajstić information content (AvgIpc) is 2.36. The lowest BCUT2D eigenvalue weighted by Crippen LogP contribution is -2.31. The van der Waals surface area contributed by atoms with Crippen molar-refractivity contribution in [3.63, 3.8) is 0 Å². The van der Waals surface area contributed by atoms with Gasteiger partial charge in [0.1, 0.15) is 11.9 Å². The maximum absolute atomic E-state index is 13.0. The van der Waals surface area contributed by atoms with Gasteiger partial charge in [-0.2, -0.15) is 5.26 Å². The van der Waals surface area contributed by atoms with E-state index in [1.165, 1.54) is 0 Å². The number of rotatable bonds is 5. The van der Waals surface area contributed by atoms with Crippen molar-refractivity contribution in [2.75, 3.05) is 6.54 Å². The number of aliphatic hydroxyl groups is 1. The molecular formula is C11H13FN2O3S. The summed E-state index contributed by atoms with van der Waals surface area (Å²) in [6.45, 7) is 1.59. The van der Waals surface area contributed by atoms with Gasteiger partial charge in [0, 0.05) is 6.54 Å². The third-order valence-electron chi connectivity index (χ3n) is 2.35. The molecule has 1 atom stereocenters. The summed E-state index contributed by atoms with van der Waals surface area (Å²) < 4.78 is 38.8. The zero-order valence-electron chi connectivity index (χ0n) is 9.72. The fourth-order valence-electron chi connectivity index (χ4n) is 1.19. The lowest BCUT2D eigenvalue weighted by atomic mass is 10.2. The number of benzene rings is 1. The molecule has 0 saturated heterocycles. The molecule has 98 valence electrons. The fraction of sp³-hybridized carbons (Fsp3) is 0.364. The summed E-state index contributed by atoms with van der Waals surface area (Å²) in [4.78, 5) is -0.205. The Morgan fingerprint density at radius 2 is 2.22 bits per heavy atom. The number of sulfonamides is 1. The number of halogens is 1. The Kier molecular flexibility index (Phi) is 4.78. The van der Waals surface area contributed by atoms with Crippen LogP contribution in [0.4, 0.5) is 4.39 Å². The van der Waals surface area contributed by atoms with Crippen molar-refractivity contribution in [1.29, 1.82) is 5.26 Å². The molecule has 0 aliphatic heterocycles. The second-order valence-corrected chi connectivity index (χ2v) is 5.43. The fourth-order valence-corrected chi connectivity index (χ4v) is 2.29. The minimum Gasteiger partial charge on any atom is -0.392 e. The molecule has 5 nitrogen and oxygen atoms in total. The minimum absolute atomic E-state index is 0.127. The first-order valence-electron chi connectivity index (χ1n) is 5.28. The Morgan fingerprint density at radius 1 is 1.56 bits per heavy atom. The molecule has 0 saturated carbocycles. The van der Waals surface area contributed by atoms with E-state index in [9.17, 15) is 17.9 Å². The monoisotopic (exact) mass is 272 g/mol. The number of hydrogen-bond acceptors (Lipinski definition) is 4. The lowest BCUT2D eigenvalue weighted by Gasteiger charge is -2.10. The highest BCUT2D eigenvalue weighted by Gasteiger charge is 2.17. The molecule has 0 heterocycles. The molecule has 0 fully saturated rings. The average molecular weight is 272 g/mol. The Morgan fingerprint density at radius 3 is 2.78 bits per heavy atom. The zero-order valence-corrected chi connectivity index (χ0v) is 10.5. The molecular weight excluding hydrogens is 259 g/mol. The van der Waals surface area contributed by atoms with E-state index in [1.807, 2.05) is 0 Å². The molecule has 1 aromatic rings. The van der Waals surface area contributed by atoms with E-state index in [1.54, 1.807) is 13.0 Å². The largest absolute Gasteiger partial charge is 0.392 e. The maximum Gasteiger partial charge on any atom is 0.240 e. The van der Waals surface area contributed by atoms with Crippen molar-refractivity contribution in [1.82, 2.24) is 4.72 Å². The predicted molar refractivity (Wildman–Crippen MR) is 62.6 cm³/mol. The number of hydrogen-bond donors (Lipinski definition) is 2. The van der Waals surface area contributed by atoms with Crippen LogP contribution < -0.4 is 4.72 Å². The summed E-state index contributed by atoms with van der Waals surface area (Å²) in [7, 11) is -3.84. The van der Waals surface area contributed by atoms with E-state index in [0.29, 0.717) is 6.42 Å². The Balaban J connectivity index is 2.96. The Bertz CT molecular complexity index is 566. The van der Waals surface area contributed by atoms with Crippen molar-refractivity contribution in [2.45, 2.75) is 24.3 Å². The highest BCUT2D eigenvalue weighted by molar-refractivity contribution is 7.89. The van der Waals surface area contributed by atoms with Crippen molar-refractivity contribution in [3.8, 4) is 6.07 Å². The van der Waals surface area contributed by atoms with E-state index in [2.05, 4.69) is 4.72 Å². The molecule has 0 aliphatic rings. The summed E-state index contributed by atoms with van der Waals surface area (Å²) in [5.41, 5.74) is -0.339. The first-order valence-corrected chi connectivity index (χ1v) is 6.76. The van der Waals surface area contributed by atoms with Crippen LogP contribution in [0.2, 0.25) is 0 Å². The zero-order chi connectivity index (χ0) is 13.8.